The van der Waals surface area contributed by atoms with Crippen LogP contribution in [0.3, 0.4) is 0 Å². The summed E-state index contributed by atoms with van der Waals surface area (Å²) in [5.41, 5.74) is 3.27. The van der Waals surface area contributed by atoms with Crippen molar-refractivity contribution in [2.75, 3.05) is 6.61 Å². The van der Waals surface area contributed by atoms with E-state index in [9.17, 15) is 9.90 Å². The minimum absolute atomic E-state index is 0.0905. The van der Waals surface area contributed by atoms with Gasteiger partial charge in [-0.05, 0) is 30.9 Å². The number of aromatic nitrogens is 2. The first-order valence-electron chi connectivity index (χ1n) is 11.3. The van der Waals surface area contributed by atoms with Crippen molar-refractivity contribution in [3.05, 3.63) is 83.7 Å². The number of ether oxygens (including phenoxy) is 1. The Labute approximate surface area is 194 Å². The fourth-order valence-electron chi connectivity index (χ4n) is 3.86. The van der Waals surface area contributed by atoms with Gasteiger partial charge in [0.15, 0.2) is 5.16 Å². The molecule has 1 atom stereocenters. The Morgan fingerprint density at radius 2 is 1.66 bits per heavy atom. The summed E-state index contributed by atoms with van der Waals surface area (Å²) in [4.78, 5) is 17.0. The third-order valence-corrected chi connectivity index (χ3v) is 6.71. The molecule has 32 heavy (non-hydrogen) atoms. The Hall–Kier alpha value is -2.57. The highest BCUT2D eigenvalue weighted by Gasteiger charge is 2.24. The smallest absolute Gasteiger partial charge is 0.319 e. The van der Waals surface area contributed by atoms with E-state index in [0.29, 0.717) is 13.2 Å². The van der Waals surface area contributed by atoms with Crippen LogP contribution < -0.4 is 0 Å². The zero-order valence-electron chi connectivity index (χ0n) is 18.8. The number of aliphatic hydroxyl groups is 1. The SMILES string of the molecule is CCCC(Sc1ncc(CO)n1CCC(c1ccccc1)c1ccccc1)C(=O)OCC. The van der Waals surface area contributed by atoms with Crippen molar-refractivity contribution < 1.29 is 14.6 Å². The van der Waals surface area contributed by atoms with E-state index in [0.717, 1.165) is 30.1 Å². The molecule has 3 rings (SSSR count). The van der Waals surface area contributed by atoms with Gasteiger partial charge in [0.05, 0.1) is 25.1 Å². The summed E-state index contributed by atoms with van der Waals surface area (Å²) in [5, 5.41) is 10.4. The lowest BCUT2D eigenvalue weighted by Crippen LogP contribution is -2.21. The molecule has 1 heterocycles. The van der Waals surface area contributed by atoms with Crippen molar-refractivity contribution in [2.45, 2.75) is 62.6 Å². The molecule has 0 spiro atoms. The average Bonchev–Trinajstić information content (AvgIpc) is 3.22. The number of imidazole rings is 1. The van der Waals surface area contributed by atoms with Crippen molar-refractivity contribution >= 4 is 17.7 Å². The number of benzene rings is 2. The van der Waals surface area contributed by atoms with Gasteiger partial charge in [0.2, 0.25) is 0 Å². The Balaban J connectivity index is 1.84. The van der Waals surface area contributed by atoms with Crippen LogP contribution in [-0.4, -0.2) is 32.5 Å². The molecule has 5 nitrogen and oxygen atoms in total. The van der Waals surface area contributed by atoms with Crippen LogP contribution >= 0.6 is 11.8 Å². The average molecular weight is 453 g/mol. The Morgan fingerprint density at radius 1 is 1.03 bits per heavy atom. The number of nitrogens with zero attached hydrogens (tertiary/aromatic N) is 2. The molecular weight excluding hydrogens is 420 g/mol. The lowest BCUT2D eigenvalue weighted by atomic mass is 9.88. The van der Waals surface area contributed by atoms with Crippen LogP contribution in [0.1, 0.15) is 55.8 Å². The van der Waals surface area contributed by atoms with Crippen LogP contribution in [0.5, 0.6) is 0 Å². The summed E-state index contributed by atoms with van der Waals surface area (Å²) >= 11 is 1.43. The van der Waals surface area contributed by atoms with E-state index in [1.807, 2.05) is 23.6 Å². The van der Waals surface area contributed by atoms with Crippen molar-refractivity contribution in [3.63, 3.8) is 0 Å². The maximum atomic E-state index is 12.4. The molecular formula is C26H32N2O3S. The van der Waals surface area contributed by atoms with Crippen LogP contribution in [0, 0.1) is 0 Å². The van der Waals surface area contributed by atoms with Gasteiger partial charge in [0.25, 0.3) is 0 Å². The largest absolute Gasteiger partial charge is 0.465 e. The highest BCUT2D eigenvalue weighted by molar-refractivity contribution is 8.00. The van der Waals surface area contributed by atoms with Crippen molar-refractivity contribution in [2.24, 2.45) is 0 Å². The van der Waals surface area contributed by atoms with Gasteiger partial charge in [0.1, 0.15) is 5.25 Å². The van der Waals surface area contributed by atoms with Crippen LogP contribution in [0.2, 0.25) is 0 Å². The number of hydrogen-bond donors (Lipinski definition) is 1. The summed E-state index contributed by atoms with van der Waals surface area (Å²) in [7, 11) is 0. The summed E-state index contributed by atoms with van der Waals surface area (Å²) in [6.07, 6.45) is 4.16. The van der Waals surface area contributed by atoms with Crippen molar-refractivity contribution in [3.8, 4) is 0 Å². The quantitative estimate of drug-likeness (QED) is 0.294. The molecule has 0 saturated heterocycles. The van der Waals surface area contributed by atoms with Gasteiger partial charge in [-0.1, -0.05) is 85.8 Å². The fourth-order valence-corrected chi connectivity index (χ4v) is 5.08. The first-order valence-corrected chi connectivity index (χ1v) is 12.1. The summed E-state index contributed by atoms with van der Waals surface area (Å²) in [6, 6.07) is 21.0. The van der Waals surface area contributed by atoms with E-state index in [4.69, 9.17) is 4.74 Å². The van der Waals surface area contributed by atoms with E-state index >= 15 is 0 Å². The lowest BCUT2D eigenvalue weighted by Gasteiger charge is -2.21. The first-order chi connectivity index (χ1) is 15.7. The number of carbonyl (C=O) groups excluding carboxylic acids is 1. The van der Waals surface area contributed by atoms with Crippen LogP contribution in [0.15, 0.2) is 72.0 Å². The van der Waals surface area contributed by atoms with Crippen LogP contribution in [0.4, 0.5) is 0 Å². The van der Waals surface area contributed by atoms with Crippen molar-refractivity contribution in [1.29, 1.82) is 0 Å². The molecule has 1 N–H and O–H groups in total. The zero-order chi connectivity index (χ0) is 22.8. The van der Waals surface area contributed by atoms with Gasteiger partial charge in [-0.25, -0.2) is 4.98 Å². The molecule has 0 aliphatic heterocycles. The van der Waals surface area contributed by atoms with Gasteiger partial charge >= 0.3 is 5.97 Å². The Bertz CT molecular complexity index is 920. The second kappa shape index (κ2) is 12.5. The van der Waals surface area contributed by atoms with Gasteiger partial charge in [0, 0.05) is 12.5 Å². The number of carbonyl (C=O) groups is 1. The molecule has 0 radical (unpaired) electrons. The van der Waals surface area contributed by atoms with E-state index in [1.165, 1.54) is 22.9 Å². The van der Waals surface area contributed by atoms with E-state index < -0.39 is 0 Å². The van der Waals surface area contributed by atoms with Crippen molar-refractivity contribution in [1.82, 2.24) is 9.55 Å². The Kier molecular flexibility index (Phi) is 9.38. The maximum absolute atomic E-state index is 12.4. The molecule has 6 heteroatoms. The molecule has 0 bridgehead atoms. The van der Waals surface area contributed by atoms with E-state index in [1.54, 1.807) is 6.20 Å². The van der Waals surface area contributed by atoms with E-state index in [-0.39, 0.29) is 23.7 Å². The number of thioether (sulfide) groups is 1. The minimum atomic E-state index is -0.299. The fraction of sp³-hybridized carbons (Fsp3) is 0.385. The molecule has 170 valence electrons. The highest BCUT2D eigenvalue weighted by atomic mass is 32.2. The van der Waals surface area contributed by atoms with Gasteiger partial charge in [-0.15, -0.1) is 0 Å². The third-order valence-electron chi connectivity index (χ3n) is 5.46. The van der Waals surface area contributed by atoms with Crippen LogP contribution in [0.25, 0.3) is 0 Å². The summed E-state index contributed by atoms with van der Waals surface area (Å²) < 4.78 is 7.32. The second-order valence-corrected chi connectivity index (χ2v) is 8.82. The molecule has 0 amide bonds. The summed E-state index contributed by atoms with van der Waals surface area (Å²) in [6.45, 7) is 4.85. The highest BCUT2D eigenvalue weighted by Crippen LogP contribution is 2.32. The lowest BCUT2D eigenvalue weighted by molar-refractivity contribution is -0.142. The number of rotatable bonds is 12. The Morgan fingerprint density at radius 3 is 2.19 bits per heavy atom. The normalized spacial score (nSPS) is 12.1. The molecule has 0 aliphatic rings. The van der Waals surface area contributed by atoms with Gasteiger partial charge < -0.3 is 14.4 Å². The van der Waals surface area contributed by atoms with Gasteiger partial charge in [-0.3, -0.25) is 4.79 Å². The number of esters is 1. The van der Waals surface area contributed by atoms with Crippen LogP contribution in [-0.2, 0) is 22.7 Å². The third kappa shape index (κ3) is 6.24. The molecule has 2 aromatic carbocycles. The number of hydrogen-bond acceptors (Lipinski definition) is 5. The standard InChI is InChI=1S/C26H32N2O3S/c1-3-11-24(25(30)31-4-2)32-26-27-18-22(19-29)28(26)17-16-23(20-12-7-5-8-13-20)21-14-9-6-10-15-21/h5-10,12-15,18,23-24,29H,3-4,11,16-17,19H2,1-2H3. The summed E-state index contributed by atoms with van der Waals surface area (Å²) in [5.74, 6) is 0.0200. The molecule has 1 unspecified atom stereocenters. The monoisotopic (exact) mass is 452 g/mol. The maximum Gasteiger partial charge on any atom is 0.319 e. The minimum Gasteiger partial charge on any atom is -0.465 e. The van der Waals surface area contributed by atoms with Gasteiger partial charge in [-0.2, -0.15) is 0 Å². The predicted octanol–water partition coefficient (Wildman–Crippen LogP) is 5.42. The van der Waals surface area contributed by atoms with E-state index in [2.05, 4.69) is 60.4 Å². The zero-order valence-corrected chi connectivity index (χ0v) is 19.6. The number of aliphatic hydroxyl groups excluding tert-OH is 1. The first kappa shape index (κ1) is 24.1. The molecule has 0 fully saturated rings. The molecule has 3 aromatic rings. The second-order valence-electron chi connectivity index (χ2n) is 7.65. The molecule has 0 saturated carbocycles. The molecule has 1 aromatic heterocycles. The topological polar surface area (TPSA) is 64.4 Å². The molecule has 0 aliphatic carbocycles. The predicted molar refractivity (Wildman–Crippen MR) is 129 cm³/mol.